The molecule has 21 heavy (non-hydrogen) atoms. The minimum atomic E-state index is 0.437. The molecule has 1 aliphatic rings. The number of fused-ring (bicyclic) bond motifs is 1. The van der Waals surface area contributed by atoms with Gasteiger partial charge in [-0.2, -0.15) is 0 Å². The SMILES string of the molecule is CNCc1cc(C(C)C)nc(N2CCn3ccnc3C2)c1. The van der Waals surface area contributed by atoms with E-state index in [4.69, 9.17) is 4.98 Å². The van der Waals surface area contributed by atoms with Crippen LogP contribution in [-0.4, -0.2) is 28.1 Å². The van der Waals surface area contributed by atoms with Crippen LogP contribution < -0.4 is 10.2 Å². The smallest absolute Gasteiger partial charge is 0.129 e. The standard InChI is InChI=1S/C16H23N5/c1-12(2)14-8-13(10-17-3)9-15(19-14)21-7-6-20-5-4-18-16(20)11-21/h4-5,8-9,12,17H,6-7,10-11H2,1-3H3. The molecule has 0 saturated carbocycles. The zero-order valence-corrected chi connectivity index (χ0v) is 13.0. The van der Waals surface area contributed by atoms with Crippen LogP contribution in [0.1, 0.15) is 36.8 Å². The lowest BCUT2D eigenvalue weighted by Crippen LogP contribution is -2.34. The van der Waals surface area contributed by atoms with Gasteiger partial charge in [0.2, 0.25) is 0 Å². The summed E-state index contributed by atoms with van der Waals surface area (Å²) < 4.78 is 2.22. The minimum Gasteiger partial charge on any atom is -0.347 e. The zero-order chi connectivity index (χ0) is 14.8. The van der Waals surface area contributed by atoms with Crippen molar-refractivity contribution in [2.24, 2.45) is 0 Å². The Morgan fingerprint density at radius 1 is 1.29 bits per heavy atom. The Kier molecular flexibility index (Phi) is 3.92. The van der Waals surface area contributed by atoms with Gasteiger partial charge in [-0.15, -0.1) is 0 Å². The van der Waals surface area contributed by atoms with Crippen LogP contribution in [-0.2, 0) is 19.6 Å². The van der Waals surface area contributed by atoms with E-state index < -0.39 is 0 Å². The van der Waals surface area contributed by atoms with E-state index >= 15 is 0 Å². The summed E-state index contributed by atoms with van der Waals surface area (Å²) in [7, 11) is 1.98. The first kappa shape index (κ1) is 14.1. The molecule has 0 aromatic carbocycles. The van der Waals surface area contributed by atoms with Crippen LogP contribution in [0.3, 0.4) is 0 Å². The number of nitrogens with one attached hydrogen (secondary N) is 1. The first-order chi connectivity index (χ1) is 10.2. The van der Waals surface area contributed by atoms with Crippen molar-refractivity contribution in [3.8, 4) is 0 Å². The molecule has 5 heteroatoms. The van der Waals surface area contributed by atoms with Gasteiger partial charge in [0, 0.05) is 37.7 Å². The van der Waals surface area contributed by atoms with Crippen molar-refractivity contribution in [1.82, 2.24) is 19.9 Å². The lowest BCUT2D eigenvalue weighted by Gasteiger charge is -2.29. The number of nitrogens with zero attached hydrogens (tertiary/aromatic N) is 4. The molecule has 1 aliphatic heterocycles. The molecule has 5 nitrogen and oxygen atoms in total. The third-order valence-electron chi connectivity index (χ3n) is 3.93. The number of pyridine rings is 1. The topological polar surface area (TPSA) is 46.0 Å². The third kappa shape index (κ3) is 2.93. The van der Waals surface area contributed by atoms with Crippen molar-refractivity contribution in [2.75, 3.05) is 18.5 Å². The first-order valence-corrected chi connectivity index (χ1v) is 7.58. The van der Waals surface area contributed by atoms with E-state index in [0.717, 1.165) is 43.5 Å². The predicted molar refractivity (Wildman–Crippen MR) is 84.4 cm³/mol. The van der Waals surface area contributed by atoms with E-state index in [-0.39, 0.29) is 0 Å². The van der Waals surface area contributed by atoms with Gasteiger partial charge in [-0.3, -0.25) is 0 Å². The number of hydrogen-bond acceptors (Lipinski definition) is 4. The van der Waals surface area contributed by atoms with Crippen molar-refractivity contribution in [2.45, 2.75) is 39.4 Å². The van der Waals surface area contributed by atoms with Crippen molar-refractivity contribution in [3.05, 3.63) is 41.6 Å². The van der Waals surface area contributed by atoms with E-state index in [1.165, 1.54) is 5.56 Å². The molecule has 3 rings (SSSR count). The van der Waals surface area contributed by atoms with Gasteiger partial charge in [0.25, 0.3) is 0 Å². The largest absolute Gasteiger partial charge is 0.347 e. The summed E-state index contributed by atoms with van der Waals surface area (Å²) in [6, 6.07) is 4.40. The summed E-state index contributed by atoms with van der Waals surface area (Å²) in [4.78, 5) is 11.6. The highest BCUT2D eigenvalue weighted by Crippen LogP contribution is 2.23. The van der Waals surface area contributed by atoms with E-state index in [1.54, 1.807) is 0 Å². The molecule has 0 spiro atoms. The van der Waals surface area contributed by atoms with Gasteiger partial charge in [-0.1, -0.05) is 13.8 Å². The number of rotatable bonds is 4. The van der Waals surface area contributed by atoms with E-state index in [0.29, 0.717) is 5.92 Å². The second kappa shape index (κ2) is 5.85. The molecule has 2 aromatic rings. The quantitative estimate of drug-likeness (QED) is 0.935. The average Bonchev–Trinajstić information content (AvgIpc) is 2.94. The summed E-state index contributed by atoms with van der Waals surface area (Å²) >= 11 is 0. The van der Waals surface area contributed by atoms with E-state index in [1.807, 2.05) is 13.2 Å². The molecule has 0 aliphatic carbocycles. The molecule has 0 unspecified atom stereocenters. The summed E-state index contributed by atoms with van der Waals surface area (Å²) in [6.45, 7) is 8.05. The van der Waals surface area contributed by atoms with Crippen molar-refractivity contribution in [1.29, 1.82) is 0 Å². The van der Waals surface area contributed by atoms with Crippen LogP contribution in [0.15, 0.2) is 24.5 Å². The predicted octanol–water partition coefficient (Wildman–Crippen LogP) is 2.14. The van der Waals surface area contributed by atoms with E-state index in [9.17, 15) is 0 Å². The maximum atomic E-state index is 4.86. The number of hydrogen-bond donors (Lipinski definition) is 1. The van der Waals surface area contributed by atoms with Crippen LogP contribution in [0.4, 0.5) is 5.82 Å². The summed E-state index contributed by atoms with van der Waals surface area (Å²) in [6.07, 6.45) is 3.93. The van der Waals surface area contributed by atoms with Crippen molar-refractivity contribution < 1.29 is 0 Å². The van der Waals surface area contributed by atoms with Gasteiger partial charge in [0.05, 0.1) is 6.54 Å². The van der Waals surface area contributed by atoms with Crippen LogP contribution in [0.25, 0.3) is 0 Å². The third-order valence-corrected chi connectivity index (χ3v) is 3.93. The van der Waals surface area contributed by atoms with Gasteiger partial charge in [-0.25, -0.2) is 9.97 Å². The number of anilines is 1. The Labute approximate surface area is 126 Å². The summed E-state index contributed by atoms with van der Waals surface area (Å²) in [5.41, 5.74) is 2.45. The maximum absolute atomic E-state index is 4.86. The van der Waals surface area contributed by atoms with Gasteiger partial charge in [0.1, 0.15) is 11.6 Å². The number of imidazole rings is 1. The van der Waals surface area contributed by atoms with Crippen LogP contribution in [0.5, 0.6) is 0 Å². The van der Waals surface area contributed by atoms with Crippen molar-refractivity contribution >= 4 is 5.82 Å². The molecule has 0 radical (unpaired) electrons. The zero-order valence-electron chi connectivity index (χ0n) is 13.0. The highest BCUT2D eigenvalue weighted by molar-refractivity contribution is 5.44. The van der Waals surface area contributed by atoms with Gasteiger partial charge in [0.15, 0.2) is 0 Å². The Balaban J connectivity index is 1.91. The summed E-state index contributed by atoms with van der Waals surface area (Å²) in [5, 5.41) is 3.23. The fourth-order valence-corrected chi connectivity index (χ4v) is 2.73. The molecular formula is C16H23N5. The van der Waals surface area contributed by atoms with Crippen LogP contribution in [0.2, 0.25) is 0 Å². The monoisotopic (exact) mass is 285 g/mol. The molecule has 0 saturated heterocycles. The fraction of sp³-hybridized carbons (Fsp3) is 0.500. The molecule has 112 valence electrons. The molecule has 0 atom stereocenters. The van der Waals surface area contributed by atoms with E-state index in [2.05, 4.69) is 51.9 Å². The lowest BCUT2D eigenvalue weighted by molar-refractivity contribution is 0.554. The highest BCUT2D eigenvalue weighted by atomic mass is 15.3. The van der Waals surface area contributed by atoms with Crippen LogP contribution >= 0.6 is 0 Å². The van der Waals surface area contributed by atoms with Gasteiger partial charge in [-0.05, 0) is 30.7 Å². The number of aromatic nitrogens is 3. The Bertz CT molecular complexity index is 617. The maximum Gasteiger partial charge on any atom is 0.129 e. The molecule has 0 bridgehead atoms. The Morgan fingerprint density at radius 3 is 2.90 bits per heavy atom. The Hall–Kier alpha value is -1.88. The Morgan fingerprint density at radius 2 is 2.14 bits per heavy atom. The summed E-state index contributed by atoms with van der Waals surface area (Å²) in [5.74, 6) is 2.63. The van der Waals surface area contributed by atoms with Gasteiger partial charge < -0.3 is 14.8 Å². The molecule has 0 fully saturated rings. The molecule has 2 aromatic heterocycles. The molecule has 3 heterocycles. The minimum absolute atomic E-state index is 0.437. The molecular weight excluding hydrogens is 262 g/mol. The van der Waals surface area contributed by atoms with Gasteiger partial charge >= 0.3 is 0 Å². The second-order valence-electron chi connectivity index (χ2n) is 5.90. The fourth-order valence-electron chi connectivity index (χ4n) is 2.73. The van der Waals surface area contributed by atoms with Crippen molar-refractivity contribution in [3.63, 3.8) is 0 Å². The first-order valence-electron chi connectivity index (χ1n) is 7.58. The average molecular weight is 285 g/mol. The van der Waals surface area contributed by atoms with Crippen LogP contribution in [0, 0.1) is 0 Å². The highest BCUT2D eigenvalue weighted by Gasteiger charge is 2.19. The lowest BCUT2D eigenvalue weighted by atomic mass is 10.1. The normalized spacial score (nSPS) is 14.6. The second-order valence-corrected chi connectivity index (χ2v) is 5.90. The molecule has 0 amide bonds. The molecule has 1 N–H and O–H groups in total.